The minimum atomic E-state index is -1.04. The Morgan fingerprint density at radius 3 is 2.79 bits per heavy atom. The van der Waals surface area contributed by atoms with Gasteiger partial charge in [0.25, 0.3) is 0 Å². The van der Waals surface area contributed by atoms with Crippen LogP contribution in [0.4, 0.5) is 0 Å². The molecule has 0 aromatic carbocycles. The fourth-order valence-electron chi connectivity index (χ4n) is 0.865. The Kier molecular flexibility index (Phi) is 3.16. The van der Waals surface area contributed by atoms with Crippen LogP contribution >= 0.6 is 0 Å². The van der Waals surface area contributed by atoms with Gasteiger partial charge in [0.1, 0.15) is 25.7 Å². The molecule has 14 heavy (non-hydrogen) atoms. The van der Waals surface area contributed by atoms with Gasteiger partial charge in [0.15, 0.2) is 0 Å². The number of hydrogen-bond donors (Lipinski definition) is 1. The molecule has 1 aromatic rings. The Hall–Kier alpha value is -1.92. The van der Waals surface area contributed by atoms with E-state index in [1.54, 1.807) is 0 Å². The molecule has 1 aromatic heterocycles. The highest BCUT2D eigenvalue weighted by Crippen LogP contribution is 1.89. The molecule has 1 amide bonds. The van der Waals surface area contributed by atoms with E-state index in [1.165, 1.54) is 24.4 Å². The van der Waals surface area contributed by atoms with Gasteiger partial charge in [-0.25, -0.2) is 9.67 Å². The summed E-state index contributed by atoms with van der Waals surface area (Å²) in [6.07, 6.45) is 2.71. The minimum absolute atomic E-state index is 0.00375. The third-order valence-corrected chi connectivity index (χ3v) is 1.56. The molecule has 0 aliphatic carbocycles. The number of carboxylic acids is 1. The maximum absolute atomic E-state index is 11.3. The normalized spacial score (nSPS) is 9.79. The van der Waals surface area contributed by atoms with Gasteiger partial charge in [-0.3, -0.25) is 9.59 Å². The SMILES string of the molecule is CN(CC(=O)O)C(=O)Cn1cncn1. The first-order valence-corrected chi connectivity index (χ1v) is 3.88. The quantitative estimate of drug-likeness (QED) is 0.658. The van der Waals surface area contributed by atoms with Crippen LogP contribution in [0.25, 0.3) is 0 Å². The maximum atomic E-state index is 11.3. The van der Waals surface area contributed by atoms with E-state index in [1.807, 2.05) is 0 Å². The van der Waals surface area contributed by atoms with Crippen molar-refractivity contribution in [2.45, 2.75) is 6.54 Å². The van der Waals surface area contributed by atoms with E-state index < -0.39 is 5.97 Å². The Bertz CT molecular complexity index is 322. The number of carboxylic acid groups (broad SMARTS) is 1. The predicted molar refractivity (Wildman–Crippen MR) is 45.3 cm³/mol. The van der Waals surface area contributed by atoms with Crippen molar-refractivity contribution in [1.29, 1.82) is 0 Å². The highest BCUT2D eigenvalue weighted by Gasteiger charge is 2.12. The average molecular weight is 198 g/mol. The van der Waals surface area contributed by atoms with Crippen molar-refractivity contribution in [1.82, 2.24) is 19.7 Å². The average Bonchev–Trinajstić information content (AvgIpc) is 2.55. The van der Waals surface area contributed by atoms with Crippen LogP contribution in [0.2, 0.25) is 0 Å². The second-order valence-electron chi connectivity index (χ2n) is 2.74. The molecule has 0 aliphatic rings. The lowest BCUT2D eigenvalue weighted by molar-refractivity contribution is -0.143. The van der Waals surface area contributed by atoms with Gasteiger partial charge in [0.05, 0.1) is 0 Å². The molecule has 7 nitrogen and oxygen atoms in total. The molecule has 0 aliphatic heterocycles. The summed E-state index contributed by atoms with van der Waals surface area (Å²) in [5.74, 6) is -1.36. The minimum Gasteiger partial charge on any atom is -0.480 e. The van der Waals surface area contributed by atoms with Crippen molar-refractivity contribution in [3.8, 4) is 0 Å². The zero-order valence-electron chi connectivity index (χ0n) is 7.62. The highest BCUT2D eigenvalue weighted by molar-refractivity contribution is 5.80. The molecule has 76 valence electrons. The van der Waals surface area contributed by atoms with Gasteiger partial charge in [0, 0.05) is 7.05 Å². The van der Waals surface area contributed by atoms with Crippen LogP contribution in [0.15, 0.2) is 12.7 Å². The Morgan fingerprint density at radius 1 is 1.57 bits per heavy atom. The van der Waals surface area contributed by atoms with Crippen LogP contribution in [0.1, 0.15) is 0 Å². The lowest BCUT2D eigenvalue weighted by Crippen LogP contribution is -2.34. The van der Waals surface area contributed by atoms with Crippen LogP contribution in [0, 0.1) is 0 Å². The summed E-state index contributed by atoms with van der Waals surface area (Å²) < 4.78 is 1.33. The Morgan fingerprint density at radius 2 is 2.29 bits per heavy atom. The molecule has 0 spiro atoms. The second-order valence-corrected chi connectivity index (χ2v) is 2.74. The van der Waals surface area contributed by atoms with Gasteiger partial charge < -0.3 is 10.0 Å². The summed E-state index contributed by atoms with van der Waals surface area (Å²) >= 11 is 0. The molecular formula is C7H10N4O3. The molecule has 1 heterocycles. The fourth-order valence-corrected chi connectivity index (χ4v) is 0.865. The summed E-state index contributed by atoms with van der Waals surface area (Å²) in [4.78, 5) is 26.4. The lowest BCUT2D eigenvalue weighted by atomic mass is 10.5. The first kappa shape index (κ1) is 10.2. The molecule has 7 heteroatoms. The van der Waals surface area contributed by atoms with E-state index in [0.717, 1.165) is 4.90 Å². The zero-order chi connectivity index (χ0) is 10.6. The van der Waals surface area contributed by atoms with Crippen molar-refractivity contribution in [3.63, 3.8) is 0 Å². The van der Waals surface area contributed by atoms with Gasteiger partial charge in [-0.05, 0) is 0 Å². The molecule has 0 saturated carbocycles. The molecule has 1 N–H and O–H groups in total. The third kappa shape index (κ3) is 2.85. The van der Waals surface area contributed by atoms with E-state index >= 15 is 0 Å². The van der Waals surface area contributed by atoms with Gasteiger partial charge in [-0.15, -0.1) is 0 Å². The Labute approximate surface area is 80.0 Å². The highest BCUT2D eigenvalue weighted by atomic mass is 16.4. The van der Waals surface area contributed by atoms with Crippen molar-refractivity contribution in [2.75, 3.05) is 13.6 Å². The van der Waals surface area contributed by atoms with Crippen LogP contribution in [0.5, 0.6) is 0 Å². The molecule has 0 saturated heterocycles. The van der Waals surface area contributed by atoms with Crippen LogP contribution in [-0.4, -0.2) is 50.2 Å². The largest absolute Gasteiger partial charge is 0.480 e. The predicted octanol–water partition coefficient (Wildman–Crippen LogP) is -1.18. The summed E-state index contributed by atoms with van der Waals surface area (Å²) in [5, 5.41) is 12.2. The Balaban J connectivity index is 2.46. The van der Waals surface area contributed by atoms with Crippen molar-refractivity contribution < 1.29 is 14.7 Å². The topological polar surface area (TPSA) is 88.3 Å². The van der Waals surface area contributed by atoms with Gasteiger partial charge in [-0.1, -0.05) is 0 Å². The zero-order valence-corrected chi connectivity index (χ0v) is 7.62. The van der Waals surface area contributed by atoms with E-state index in [2.05, 4.69) is 10.1 Å². The third-order valence-electron chi connectivity index (χ3n) is 1.56. The summed E-state index contributed by atoms with van der Waals surface area (Å²) in [7, 11) is 1.42. The number of aliphatic carboxylic acids is 1. The van der Waals surface area contributed by atoms with Crippen molar-refractivity contribution in [3.05, 3.63) is 12.7 Å². The van der Waals surface area contributed by atoms with Crippen molar-refractivity contribution >= 4 is 11.9 Å². The van der Waals surface area contributed by atoms with Gasteiger partial charge >= 0.3 is 5.97 Å². The number of rotatable bonds is 4. The molecule has 0 atom stereocenters. The van der Waals surface area contributed by atoms with E-state index in [4.69, 9.17) is 5.11 Å². The summed E-state index contributed by atoms with van der Waals surface area (Å²) in [5.41, 5.74) is 0. The molecule has 1 rings (SSSR count). The van der Waals surface area contributed by atoms with Gasteiger partial charge in [-0.2, -0.15) is 5.10 Å². The number of carbonyl (C=O) groups excluding carboxylic acids is 1. The molecule has 0 fully saturated rings. The standard InChI is InChI=1S/C7H10N4O3/c1-10(3-7(13)14)6(12)2-11-5-8-4-9-11/h4-5H,2-3H2,1H3,(H,13,14). The lowest BCUT2D eigenvalue weighted by Gasteiger charge is -2.13. The van der Waals surface area contributed by atoms with E-state index in [-0.39, 0.29) is 19.0 Å². The van der Waals surface area contributed by atoms with E-state index in [0.29, 0.717) is 0 Å². The molecule has 0 bridgehead atoms. The number of nitrogens with zero attached hydrogens (tertiary/aromatic N) is 4. The molecular weight excluding hydrogens is 188 g/mol. The number of aromatic nitrogens is 3. The maximum Gasteiger partial charge on any atom is 0.323 e. The van der Waals surface area contributed by atoms with Crippen LogP contribution in [0.3, 0.4) is 0 Å². The van der Waals surface area contributed by atoms with Crippen LogP contribution in [-0.2, 0) is 16.1 Å². The van der Waals surface area contributed by atoms with Gasteiger partial charge in [0.2, 0.25) is 5.91 Å². The number of likely N-dealkylation sites (N-methyl/N-ethyl adjacent to an activating group) is 1. The number of hydrogen-bond acceptors (Lipinski definition) is 4. The smallest absolute Gasteiger partial charge is 0.323 e. The first-order valence-electron chi connectivity index (χ1n) is 3.88. The monoisotopic (exact) mass is 198 g/mol. The fraction of sp³-hybridized carbons (Fsp3) is 0.429. The van der Waals surface area contributed by atoms with E-state index in [9.17, 15) is 9.59 Å². The molecule has 0 radical (unpaired) electrons. The first-order chi connectivity index (χ1) is 6.59. The summed E-state index contributed by atoms with van der Waals surface area (Å²) in [6.45, 7) is -0.308. The number of carbonyl (C=O) groups is 2. The van der Waals surface area contributed by atoms with Crippen molar-refractivity contribution in [2.24, 2.45) is 0 Å². The van der Waals surface area contributed by atoms with Crippen LogP contribution < -0.4 is 0 Å². The summed E-state index contributed by atoms with van der Waals surface area (Å²) in [6, 6.07) is 0. The second kappa shape index (κ2) is 4.35. The molecule has 0 unspecified atom stereocenters. The number of amides is 1.